The third-order valence-electron chi connectivity index (χ3n) is 4.80. The second-order valence-electron chi connectivity index (χ2n) is 6.87. The van der Waals surface area contributed by atoms with E-state index in [0.29, 0.717) is 33.5 Å². The number of anilines is 1. The van der Waals surface area contributed by atoms with Gasteiger partial charge in [-0.25, -0.2) is 4.98 Å². The van der Waals surface area contributed by atoms with Gasteiger partial charge in [0.1, 0.15) is 11.5 Å². The average molecular weight is 461 g/mol. The number of ether oxygens (including phenoxy) is 2. The maximum atomic E-state index is 12.7. The van der Waals surface area contributed by atoms with E-state index >= 15 is 0 Å². The Morgan fingerprint density at radius 1 is 1.12 bits per heavy atom. The molecular formula is C22H18F3N3O3S. The van der Waals surface area contributed by atoms with Crippen molar-refractivity contribution in [2.45, 2.75) is 12.6 Å². The monoisotopic (exact) mass is 461 g/mol. The summed E-state index contributed by atoms with van der Waals surface area (Å²) in [6.45, 7) is 0. The maximum absolute atomic E-state index is 12.7. The Labute approximate surface area is 185 Å². The van der Waals surface area contributed by atoms with E-state index in [1.165, 1.54) is 23.5 Å². The molecule has 6 nitrogen and oxygen atoms in total. The lowest BCUT2D eigenvalue weighted by Gasteiger charge is -2.09. The molecule has 1 N–H and O–H groups in total. The van der Waals surface area contributed by atoms with E-state index in [0.717, 1.165) is 17.7 Å². The fourth-order valence-corrected chi connectivity index (χ4v) is 4.09. The van der Waals surface area contributed by atoms with Crippen molar-refractivity contribution in [1.29, 1.82) is 0 Å². The van der Waals surface area contributed by atoms with E-state index in [1.54, 1.807) is 26.4 Å². The second-order valence-corrected chi connectivity index (χ2v) is 7.71. The Kier molecular flexibility index (Phi) is 5.79. The molecule has 0 unspecified atom stereocenters. The smallest absolute Gasteiger partial charge is 0.416 e. The van der Waals surface area contributed by atoms with Gasteiger partial charge in [-0.05, 0) is 42.5 Å². The number of carbonyl (C=O) groups excluding carboxylic acids is 1. The van der Waals surface area contributed by atoms with Gasteiger partial charge in [-0.3, -0.25) is 9.20 Å². The van der Waals surface area contributed by atoms with Crippen molar-refractivity contribution in [3.8, 4) is 22.8 Å². The molecule has 0 radical (unpaired) electrons. The van der Waals surface area contributed by atoms with Crippen molar-refractivity contribution in [2.75, 3.05) is 19.5 Å². The number of amides is 1. The highest BCUT2D eigenvalue weighted by atomic mass is 32.1. The van der Waals surface area contributed by atoms with Crippen molar-refractivity contribution in [3.63, 3.8) is 0 Å². The van der Waals surface area contributed by atoms with Crippen molar-refractivity contribution in [1.82, 2.24) is 9.38 Å². The topological polar surface area (TPSA) is 64.9 Å². The molecule has 10 heteroatoms. The quantitative estimate of drug-likeness (QED) is 0.424. The summed E-state index contributed by atoms with van der Waals surface area (Å²) in [5.74, 6) is 0.949. The number of methoxy groups -OCH3 is 2. The zero-order valence-electron chi connectivity index (χ0n) is 17.1. The number of hydrogen-bond acceptors (Lipinski definition) is 5. The van der Waals surface area contributed by atoms with Crippen molar-refractivity contribution in [3.05, 3.63) is 65.3 Å². The predicted octanol–water partition coefficient (Wildman–Crippen LogP) is 5.28. The van der Waals surface area contributed by atoms with Crippen LogP contribution in [0.2, 0.25) is 0 Å². The summed E-state index contributed by atoms with van der Waals surface area (Å²) < 4.78 is 50.6. The van der Waals surface area contributed by atoms with Gasteiger partial charge in [0.2, 0.25) is 5.91 Å². The Bertz CT molecular complexity index is 1260. The van der Waals surface area contributed by atoms with Crippen LogP contribution in [0.5, 0.6) is 11.5 Å². The lowest BCUT2D eigenvalue weighted by atomic mass is 10.1. The number of alkyl halides is 3. The second kappa shape index (κ2) is 8.54. The SMILES string of the molecule is COc1ccc(OC)c(-c2cn3c(CC(=O)Nc4ccc(C(F)(F)F)cc4)csc3n2)c1. The van der Waals surface area contributed by atoms with Gasteiger partial charge in [0, 0.05) is 28.5 Å². The van der Waals surface area contributed by atoms with Crippen LogP contribution < -0.4 is 14.8 Å². The van der Waals surface area contributed by atoms with Crippen molar-refractivity contribution >= 4 is 27.9 Å². The number of halogens is 3. The summed E-state index contributed by atoms with van der Waals surface area (Å²) >= 11 is 1.38. The summed E-state index contributed by atoms with van der Waals surface area (Å²) in [4.78, 5) is 17.8. The number of nitrogens with one attached hydrogen (secondary N) is 1. The van der Waals surface area contributed by atoms with Gasteiger partial charge in [-0.2, -0.15) is 13.2 Å². The summed E-state index contributed by atoms with van der Waals surface area (Å²) in [6, 6.07) is 9.73. The first-order chi connectivity index (χ1) is 15.3. The zero-order valence-corrected chi connectivity index (χ0v) is 17.9. The number of aromatic nitrogens is 2. The Morgan fingerprint density at radius 2 is 1.88 bits per heavy atom. The molecule has 166 valence electrons. The van der Waals surface area contributed by atoms with Gasteiger partial charge in [-0.15, -0.1) is 11.3 Å². The average Bonchev–Trinajstić information content (AvgIpc) is 3.35. The van der Waals surface area contributed by atoms with E-state index in [2.05, 4.69) is 10.3 Å². The van der Waals surface area contributed by atoms with E-state index in [1.807, 2.05) is 22.0 Å². The molecule has 0 saturated heterocycles. The Hall–Kier alpha value is -3.53. The van der Waals surface area contributed by atoms with Crippen LogP contribution in [-0.2, 0) is 17.4 Å². The van der Waals surface area contributed by atoms with Gasteiger partial charge in [0.05, 0.1) is 31.9 Å². The maximum Gasteiger partial charge on any atom is 0.416 e. The first-order valence-electron chi connectivity index (χ1n) is 9.43. The molecule has 2 aromatic carbocycles. The van der Waals surface area contributed by atoms with E-state index < -0.39 is 11.7 Å². The summed E-state index contributed by atoms with van der Waals surface area (Å²) in [5.41, 5.74) is 1.64. The zero-order chi connectivity index (χ0) is 22.9. The normalized spacial score (nSPS) is 11.5. The standard InChI is InChI=1S/C22H18F3N3O3S/c1-30-16-7-8-19(31-2)17(10-16)18-11-28-15(12-32-21(28)27-18)9-20(29)26-14-5-3-13(4-6-14)22(23,24)25/h3-8,10-12H,9H2,1-2H3,(H,26,29). The van der Waals surface area contributed by atoms with Crippen LogP contribution in [0, 0.1) is 0 Å². The molecule has 0 aliphatic carbocycles. The van der Waals surface area contributed by atoms with Crippen LogP contribution >= 0.6 is 11.3 Å². The van der Waals surface area contributed by atoms with Crippen LogP contribution in [0.1, 0.15) is 11.3 Å². The third-order valence-corrected chi connectivity index (χ3v) is 5.69. The minimum absolute atomic E-state index is 0.0338. The van der Waals surface area contributed by atoms with Crippen LogP contribution in [0.25, 0.3) is 16.2 Å². The van der Waals surface area contributed by atoms with E-state index in [-0.39, 0.29) is 12.3 Å². The molecule has 0 atom stereocenters. The lowest BCUT2D eigenvalue weighted by Crippen LogP contribution is -2.15. The van der Waals surface area contributed by atoms with E-state index in [9.17, 15) is 18.0 Å². The summed E-state index contributed by atoms with van der Waals surface area (Å²) in [6.07, 6.45) is -2.58. The van der Waals surface area contributed by atoms with Gasteiger partial charge in [0.25, 0.3) is 0 Å². The molecule has 32 heavy (non-hydrogen) atoms. The number of imidazole rings is 1. The Balaban J connectivity index is 1.54. The highest BCUT2D eigenvalue weighted by Crippen LogP contribution is 2.34. The molecular weight excluding hydrogens is 443 g/mol. The molecule has 0 spiro atoms. The van der Waals surface area contributed by atoms with E-state index in [4.69, 9.17) is 9.47 Å². The molecule has 4 aromatic rings. The van der Waals surface area contributed by atoms with Crippen molar-refractivity contribution in [2.24, 2.45) is 0 Å². The molecule has 4 rings (SSSR count). The number of thiazole rings is 1. The first-order valence-corrected chi connectivity index (χ1v) is 10.3. The highest BCUT2D eigenvalue weighted by Gasteiger charge is 2.30. The van der Waals surface area contributed by atoms with Crippen LogP contribution in [0.3, 0.4) is 0 Å². The molecule has 0 bridgehead atoms. The highest BCUT2D eigenvalue weighted by molar-refractivity contribution is 7.15. The number of nitrogens with zero attached hydrogens (tertiary/aromatic N) is 2. The number of benzene rings is 2. The summed E-state index contributed by atoms with van der Waals surface area (Å²) in [7, 11) is 3.14. The van der Waals surface area contributed by atoms with Gasteiger partial charge >= 0.3 is 6.18 Å². The van der Waals surface area contributed by atoms with Gasteiger partial charge in [0.15, 0.2) is 4.96 Å². The first kappa shape index (κ1) is 21.7. The molecule has 0 saturated carbocycles. The third kappa shape index (κ3) is 4.40. The molecule has 2 aromatic heterocycles. The Morgan fingerprint density at radius 3 is 2.53 bits per heavy atom. The number of fused-ring (bicyclic) bond motifs is 1. The molecule has 0 aliphatic heterocycles. The molecule has 0 fully saturated rings. The van der Waals surface area contributed by atoms with Crippen molar-refractivity contribution < 1.29 is 27.4 Å². The largest absolute Gasteiger partial charge is 0.497 e. The molecule has 1 amide bonds. The predicted molar refractivity (Wildman–Crippen MR) is 115 cm³/mol. The van der Waals surface area contributed by atoms with Crippen LogP contribution in [0.4, 0.5) is 18.9 Å². The lowest BCUT2D eigenvalue weighted by molar-refractivity contribution is -0.137. The van der Waals surface area contributed by atoms with Crippen LogP contribution in [0.15, 0.2) is 54.0 Å². The minimum atomic E-state index is -4.42. The molecule has 0 aliphatic rings. The minimum Gasteiger partial charge on any atom is -0.497 e. The number of hydrogen-bond donors (Lipinski definition) is 1. The van der Waals surface area contributed by atoms with Gasteiger partial charge in [-0.1, -0.05) is 0 Å². The molecule has 2 heterocycles. The summed E-state index contributed by atoms with van der Waals surface area (Å²) in [5, 5.41) is 4.44. The number of rotatable bonds is 6. The number of carbonyl (C=O) groups is 1. The van der Waals surface area contributed by atoms with Gasteiger partial charge < -0.3 is 14.8 Å². The fourth-order valence-electron chi connectivity index (χ4n) is 3.21. The fraction of sp³-hybridized carbons (Fsp3) is 0.182. The van der Waals surface area contributed by atoms with Crippen LogP contribution in [-0.4, -0.2) is 29.5 Å².